The Morgan fingerprint density at radius 1 is 1.38 bits per heavy atom. The first-order valence-electron chi connectivity index (χ1n) is 5.86. The number of rotatable bonds is 4. The molecule has 0 aliphatic carbocycles. The summed E-state index contributed by atoms with van der Waals surface area (Å²) in [5, 5.41) is 3.39. The third kappa shape index (κ3) is 3.14. The molecule has 2 rings (SSSR count). The second-order valence-corrected chi connectivity index (χ2v) is 4.20. The average molecular weight is 221 g/mol. The summed E-state index contributed by atoms with van der Waals surface area (Å²) in [6, 6.07) is 7.78. The quantitative estimate of drug-likeness (QED) is 0.844. The fourth-order valence-corrected chi connectivity index (χ4v) is 1.97. The second kappa shape index (κ2) is 5.75. The van der Waals surface area contributed by atoms with Gasteiger partial charge >= 0.3 is 0 Å². The molecule has 1 aliphatic rings. The number of benzene rings is 1. The van der Waals surface area contributed by atoms with Gasteiger partial charge in [-0.15, -0.1) is 0 Å². The first kappa shape index (κ1) is 11.3. The number of hydrogen-bond donors (Lipinski definition) is 1. The van der Waals surface area contributed by atoms with E-state index in [1.165, 1.54) is 12.8 Å². The van der Waals surface area contributed by atoms with Gasteiger partial charge in [0.2, 0.25) is 0 Å². The maximum absolute atomic E-state index is 5.77. The van der Waals surface area contributed by atoms with Gasteiger partial charge in [0.1, 0.15) is 11.5 Å². The minimum absolute atomic E-state index is 0.639. The van der Waals surface area contributed by atoms with Crippen molar-refractivity contribution in [2.75, 3.05) is 26.8 Å². The molecule has 1 atom stereocenters. The van der Waals surface area contributed by atoms with Crippen LogP contribution in [0, 0.1) is 5.92 Å². The van der Waals surface area contributed by atoms with E-state index in [4.69, 9.17) is 9.47 Å². The third-order valence-electron chi connectivity index (χ3n) is 2.93. The summed E-state index contributed by atoms with van der Waals surface area (Å²) in [5.74, 6) is 2.38. The van der Waals surface area contributed by atoms with Crippen molar-refractivity contribution in [3.63, 3.8) is 0 Å². The van der Waals surface area contributed by atoms with Crippen LogP contribution in [0.25, 0.3) is 0 Å². The van der Waals surface area contributed by atoms with Gasteiger partial charge in [0.05, 0.1) is 13.7 Å². The van der Waals surface area contributed by atoms with Gasteiger partial charge < -0.3 is 14.8 Å². The summed E-state index contributed by atoms with van der Waals surface area (Å²) >= 11 is 0. The van der Waals surface area contributed by atoms with Crippen LogP contribution in [-0.2, 0) is 0 Å². The monoisotopic (exact) mass is 221 g/mol. The molecule has 0 amide bonds. The van der Waals surface area contributed by atoms with Crippen LogP contribution in [-0.4, -0.2) is 26.8 Å². The fraction of sp³-hybridized carbons (Fsp3) is 0.538. The molecule has 0 spiro atoms. The van der Waals surface area contributed by atoms with Crippen LogP contribution in [0.2, 0.25) is 0 Å². The SMILES string of the molecule is COc1cccc(OC[C@H]2CCCNC2)c1. The van der Waals surface area contributed by atoms with E-state index in [2.05, 4.69) is 5.32 Å². The molecule has 0 aromatic heterocycles. The number of methoxy groups -OCH3 is 1. The normalized spacial score (nSPS) is 20.4. The molecule has 1 N–H and O–H groups in total. The van der Waals surface area contributed by atoms with E-state index in [0.29, 0.717) is 5.92 Å². The Morgan fingerprint density at radius 2 is 2.25 bits per heavy atom. The molecule has 0 bridgehead atoms. The van der Waals surface area contributed by atoms with Crippen LogP contribution in [0.3, 0.4) is 0 Å². The van der Waals surface area contributed by atoms with E-state index >= 15 is 0 Å². The highest BCUT2D eigenvalue weighted by atomic mass is 16.5. The minimum atomic E-state index is 0.639. The van der Waals surface area contributed by atoms with Gasteiger partial charge in [-0.05, 0) is 31.5 Å². The summed E-state index contributed by atoms with van der Waals surface area (Å²) in [7, 11) is 1.67. The van der Waals surface area contributed by atoms with Crippen LogP contribution in [0.5, 0.6) is 11.5 Å². The largest absolute Gasteiger partial charge is 0.497 e. The van der Waals surface area contributed by atoms with Gasteiger partial charge in [-0.25, -0.2) is 0 Å². The van der Waals surface area contributed by atoms with E-state index < -0.39 is 0 Å². The van der Waals surface area contributed by atoms with Crippen LogP contribution < -0.4 is 14.8 Å². The summed E-state index contributed by atoms with van der Waals surface area (Å²) in [5.41, 5.74) is 0. The Hall–Kier alpha value is -1.22. The van der Waals surface area contributed by atoms with E-state index in [1.807, 2.05) is 24.3 Å². The Kier molecular flexibility index (Phi) is 4.05. The zero-order valence-electron chi connectivity index (χ0n) is 9.74. The van der Waals surface area contributed by atoms with Crippen molar-refractivity contribution in [1.29, 1.82) is 0 Å². The Morgan fingerprint density at radius 3 is 3.00 bits per heavy atom. The Balaban J connectivity index is 1.83. The zero-order valence-corrected chi connectivity index (χ0v) is 9.74. The van der Waals surface area contributed by atoms with Crippen molar-refractivity contribution < 1.29 is 9.47 Å². The highest BCUT2D eigenvalue weighted by Gasteiger charge is 2.13. The van der Waals surface area contributed by atoms with E-state index in [1.54, 1.807) is 7.11 Å². The maximum atomic E-state index is 5.77. The Labute approximate surface area is 96.8 Å². The summed E-state index contributed by atoms with van der Waals surface area (Å²) in [6.45, 7) is 3.01. The maximum Gasteiger partial charge on any atom is 0.122 e. The van der Waals surface area contributed by atoms with Crippen LogP contribution in [0.4, 0.5) is 0 Å². The molecule has 1 aromatic carbocycles. The third-order valence-corrected chi connectivity index (χ3v) is 2.93. The lowest BCUT2D eigenvalue weighted by atomic mass is 10.0. The first-order valence-corrected chi connectivity index (χ1v) is 5.86. The molecule has 1 fully saturated rings. The predicted molar refractivity (Wildman–Crippen MR) is 64.1 cm³/mol. The number of hydrogen-bond acceptors (Lipinski definition) is 3. The second-order valence-electron chi connectivity index (χ2n) is 4.20. The van der Waals surface area contributed by atoms with Crippen LogP contribution in [0.15, 0.2) is 24.3 Å². The Bertz CT molecular complexity index is 321. The summed E-state index contributed by atoms with van der Waals surface area (Å²) in [6.07, 6.45) is 2.52. The highest BCUT2D eigenvalue weighted by molar-refractivity contribution is 5.32. The van der Waals surface area contributed by atoms with Crippen molar-refractivity contribution in [2.24, 2.45) is 5.92 Å². The topological polar surface area (TPSA) is 30.5 Å². The van der Waals surface area contributed by atoms with Gasteiger partial charge in [-0.1, -0.05) is 6.07 Å². The van der Waals surface area contributed by atoms with Gasteiger partial charge in [0.15, 0.2) is 0 Å². The van der Waals surface area contributed by atoms with Crippen molar-refractivity contribution in [3.05, 3.63) is 24.3 Å². The first-order chi connectivity index (χ1) is 7.88. The van der Waals surface area contributed by atoms with Gasteiger partial charge in [0, 0.05) is 18.5 Å². The van der Waals surface area contributed by atoms with Crippen molar-refractivity contribution in [3.8, 4) is 11.5 Å². The molecule has 1 saturated heterocycles. The molecular weight excluding hydrogens is 202 g/mol. The fourth-order valence-electron chi connectivity index (χ4n) is 1.97. The molecule has 3 nitrogen and oxygen atoms in total. The number of ether oxygens (including phenoxy) is 2. The standard InChI is InChI=1S/C13H19NO2/c1-15-12-5-2-6-13(8-12)16-10-11-4-3-7-14-9-11/h2,5-6,8,11,14H,3-4,7,9-10H2,1H3/t11-/m0/s1. The molecule has 16 heavy (non-hydrogen) atoms. The van der Waals surface area contributed by atoms with Crippen LogP contribution >= 0.6 is 0 Å². The molecule has 3 heteroatoms. The lowest BCUT2D eigenvalue weighted by molar-refractivity contribution is 0.218. The minimum Gasteiger partial charge on any atom is -0.497 e. The molecule has 1 aliphatic heterocycles. The zero-order chi connectivity index (χ0) is 11.2. The lowest BCUT2D eigenvalue weighted by Gasteiger charge is -2.22. The van der Waals surface area contributed by atoms with Gasteiger partial charge in [-0.3, -0.25) is 0 Å². The lowest BCUT2D eigenvalue weighted by Crippen LogP contribution is -2.33. The number of nitrogens with one attached hydrogen (secondary N) is 1. The van der Waals surface area contributed by atoms with Crippen molar-refractivity contribution in [2.45, 2.75) is 12.8 Å². The summed E-state index contributed by atoms with van der Waals surface area (Å²) in [4.78, 5) is 0. The van der Waals surface area contributed by atoms with Gasteiger partial charge in [-0.2, -0.15) is 0 Å². The van der Waals surface area contributed by atoms with Gasteiger partial charge in [0.25, 0.3) is 0 Å². The molecule has 0 radical (unpaired) electrons. The van der Waals surface area contributed by atoms with E-state index in [9.17, 15) is 0 Å². The van der Waals surface area contributed by atoms with E-state index in [-0.39, 0.29) is 0 Å². The average Bonchev–Trinajstić information content (AvgIpc) is 2.38. The predicted octanol–water partition coefficient (Wildman–Crippen LogP) is 2.07. The molecule has 0 unspecified atom stereocenters. The van der Waals surface area contributed by atoms with Crippen molar-refractivity contribution in [1.82, 2.24) is 5.32 Å². The molecule has 0 saturated carbocycles. The van der Waals surface area contributed by atoms with Crippen LogP contribution in [0.1, 0.15) is 12.8 Å². The smallest absolute Gasteiger partial charge is 0.122 e. The molecular formula is C13H19NO2. The van der Waals surface area contributed by atoms with E-state index in [0.717, 1.165) is 31.2 Å². The summed E-state index contributed by atoms with van der Waals surface area (Å²) < 4.78 is 10.9. The highest BCUT2D eigenvalue weighted by Crippen LogP contribution is 2.20. The molecule has 88 valence electrons. The molecule has 1 aromatic rings. The van der Waals surface area contributed by atoms with Crippen molar-refractivity contribution >= 4 is 0 Å². The molecule has 1 heterocycles. The number of piperidine rings is 1.